The number of nitrogens with zero attached hydrogens (tertiary/aromatic N) is 1. The van der Waals surface area contributed by atoms with Crippen LogP contribution in [-0.4, -0.2) is 16.6 Å². The third kappa shape index (κ3) is 3.12. The van der Waals surface area contributed by atoms with Gasteiger partial charge < -0.3 is 0 Å². The van der Waals surface area contributed by atoms with Crippen LogP contribution in [0.15, 0.2) is 36.5 Å². The van der Waals surface area contributed by atoms with Crippen molar-refractivity contribution in [1.29, 1.82) is 0 Å². The summed E-state index contributed by atoms with van der Waals surface area (Å²) in [6.07, 6.45) is 0.564. The summed E-state index contributed by atoms with van der Waals surface area (Å²) in [4.78, 5) is 27.4. The van der Waals surface area contributed by atoms with Crippen LogP contribution in [0.4, 0.5) is 8.78 Å². The van der Waals surface area contributed by atoms with Gasteiger partial charge in [-0.15, -0.1) is 0 Å². The number of hydrogen-bond donors (Lipinski definition) is 0. The predicted octanol–water partition coefficient (Wildman–Crippen LogP) is 3.12. The fraction of sp³-hybridized carbons (Fsp3) is 0.133. The minimum atomic E-state index is -0.508. The lowest BCUT2D eigenvalue weighted by molar-refractivity contribution is 0.0891. The summed E-state index contributed by atoms with van der Waals surface area (Å²) >= 11 is 0. The zero-order valence-corrected chi connectivity index (χ0v) is 10.7. The molecule has 0 saturated carbocycles. The fourth-order valence-corrected chi connectivity index (χ4v) is 1.67. The van der Waals surface area contributed by atoms with Gasteiger partial charge in [0.1, 0.15) is 17.3 Å². The highest BCUT2D eigenvalue weighted by atomic mass is 19.1. The van der Waals surface area contributed by atoms with Gasteiger partial charge in [0.2, 0.25) is 0 Å². The highest BCUT2D eigenvalue weighted by molar-refractivity contribution is 6.12. The van der Waals surface area contributed by atoms with Crippen molar-refractivity contribution in [3.63, 3.8) is 0 Å². The summed E-state index contributed by atoms with van der Waals surface area (Å²) in [5.74, 6) is -1.89. The Morgan fingerprint density at radius 3 is 2.35 bits per heavy atom. The highest BCUT2D eigenvalue weighted by Gasteiger charge is 2.15. The van der Waals surface area contributed by atoms with Crippen LogP contribution in [0.25, 0.3) is 0 Å². The number of benzene rings is 1. The number of rotatable bonds is 4. The first-order valence-electron chi connectivity index (χ1n) is 5.91. The van der Waals surface area contributed by atoms with Crippen molar-refractivity contribution in [2.75, 3.05) is 0 Å². The van der Waals surface area contributed by atoms with E-state index >= 15 is 0 Å². The van der Waals surface area contributed by atoms with E-state index in [0.29, 0.717) is 0 Å². The minimum absolute atomic E-state index is 0.0411. The second-order valence-corrected chi connectivity index (χ2v) is 4.35. The number of carbonyl (C=O) groups is 2. The third-order valence-electron chi connectivity index (χ3n) is 2.82. The minimum Gasteiger partial charge on any atom is -0.294 e. The normalized spacial score (nSPS) is 10.3. The summed E-state index contributed by atoms with van der Waals surface area (Å²) < 4.78 is 25.8. The smallest absolute Gasteiger partial charge is 0.188 e. The summed E-state index contributed by atoms with van der Waals surface area (Å²) in [6.45, 7) is 1.51. The first-order chi connectivity index (χ1) is 9.47. The molecule has 1 aromatic carbocycles. The molecule has 2 aromatic rings. The van der Waals surface area contributed by atoms with Crippen LogP contribution in [0.1, 0.15) is 32.8 Å². The molecular formula is C15H11F2NO2. The van der Waals surface area contributed by atoms with Gasteiger partial charge in [-0.1, -0.05) is 0 Å². The van der Waals surface area contributed by atoms with Crippen LogP contribution in [0, 0.1) is 18.6 Å². The van der Waals surface area contributed by atoms with E-state index in [4.69, 9.17) is 0 Å². The van der Waals surface area contributed by atoms with Gasteiger partial charge in [0.05, 0.1) is 12.6 Å². The van der Waals surface area contributed by atoms with Crippen molar-refractivity contribution in [1.82, 2.24) is 4.98 Å². The molecule has 0 unspecified atom stereocenters. The molecule has 0 radical (unpaired) electrons. The molecule has 0 aliphatic rings. The fourth-order valence-electron chi connectivity index (χ4n) is 1.67. The Hall–Kier alpha value is -2.43. The third-order valence-corrected chi connectivity index (χ3v) is 2.82. The van der Waals surface area contributed by atoms with Crippen molar-refractivity contribution in [3.05, 3.63) is 65.0 Å². The summed E-state index contributed by atoms with van der Waals surface area (Å²) in [6, 6.07) is 6.23. The lowest BCUT2D eigenvalue weighted by atomic mass is 10.0. The Morgan fingerprint density at radius 2 is 1.75 bits per heavy atom. The molecule has 0 aliphatic carbocycles. The number of aromatic nitrogens is 1. The van der Waals surface area contributed by atoms with E-state index in [0.717, 1.165) is 18.3 Å². The topological polar surface area (TPSA) is 47.0 Å². The van der Waals surface area contributed by atoms with Crippen LogP contribution in [0.3, 0.4) is 0 Å². The number of hydrogen-bond acceptors (Lipinski definition) is 3. The summed E-state index contributed by atoms with van der Waals surface area (Å²) in [5, 5.41) is 0. The average Bonchev–Trinajstić information content (AvgIpc) is 2.42. The van der Waals surface area contributed by atoms with Crippen molar-refractivity contribution in [2.45, 2.75) is 13.3 Å². The quantitative estimate of drug-likeness (QED) is 0.636. The molecule has 0 spiro atoms. The van der Waals surface area contributed by atoms with Crippen LogP contribution in [0.2, 0.25) is 0 Å². The second kappa shape index (κ2) is 5.69. The second-order valence-electron chi connectivity index (χ2n) is 4.35. The molecule has 1 aromatic heterocycles. The first kappa shape index (κ1) is 14.0. The van der Waals surface area contributed by atoms with Crippen LogP contribution in [-0.2, 0) is 0 Å². The average molecular weight is 275 g/mol. The lowest BCUT2D eigenvalue weighted by Gasteiger charge is -2.02. The molecule has 3 nitrogen and oxygen atoms in total. The highest BCUT2D eigenvalue weighted by Crippen LogP contribution is 2.11. The lowest BCUT2D eigenvalue weighted by Crippen LogP contribution is -2.10. The molecular weight excluding hydrogens is 264 g/mol. The van der Waals surface area contributed by atoms with E-state index in [9.17, 15) is 18.4 Å². The van der Waals surface area contributed by atoms with Crippen LogP contribution in [0.5, 0.6) is 0 Å². The zero-order valence-electron chi connectivity index (χ0n) is 10.7. The zero-order chi connectivity index (χ0) is 14.7. The van der Waals surface area contributed by atoms with Crippen molar-refractivity contribution in [3.8, 4) is 0 Å². The van der Waals surface area contributed by atoms with Crippen LogP contribution >= 0.6 is 0 Å². The molecule has 102 valence electrons. The van der Waals surface area contributed by atoms with Crippen molar-refractivity contribution in [2.24, 2.45) is 0 Å². The maximum atomic E-state index is 13.1. The monoisotopic (exact) mass is 275 g/mol. The maximum absolute atomic E-state index is 13.1. The first-order valence-corrected chi connectivity index (χ1v) is 5.91. The molecule has 0 bridgehead atoms. The van der Waals surface area contributed by atoms with Gasteiger partial charge >= 0.3 is 0 Å². The SMILES string of the molecule is Cc1cc(C(=O)CC(=O)c2ccc(F)cc2)ncc1F. The number of aryl methyl sites for hydroxylation is 1. The van der Waals surface area contributed by atoms with Crippen molar-refractivity contribution >= 4 is 11.6 Å². The molecule has 5 heteroatoms. The van der Waals surface area contributed by atoms with Gasteiger partial charge in [-0.3, -0.25) is 14.6 Å². The predicted molar refractivity (Wildman–Crippen MR) is 68.6 cm³/mol. The molecule has 20 heavy (non-hydrogen) atoms. The van der Waals surface area contributed by atoms with Gasteiger partial charge in [0.25, 0.3) is 0 Å². The Kier molecular flexibility index (Phi) is 3.98. The van der Waals surface area contributed by atoms with E-state index in [1.54, 1.807) is 0 Å². The van der Waals surface area contributed by atoms with E-state index in [1.807, 2.05) is 0 Å². The van der Waals surface area contributed by atoms with Gasteiger partial charge in [0, 0.05) is 5.56 Å². The van der Waals surface area contributed by atoms with Crippen molar-refractivity contribution < 1.29 is 18.4 Å². The van der Waals surface area contributed by atoms with Gasteiger partial charge in [-0.25, -0.2) is 8.78 Å². The molecule has 0 fully saturated rings. The Morgan fingerprint density at radius 1 is 1.10 bits per heavy atom. The molecule has 0 atom stereocenters. The molecule has 2 rings (SSSR count). The van der Waals surface area contributed by atoms with E-state index in [1.165, 1.54) is 25.1 Å². The van der Waals surface area contributed by atoms with Crippen LogP contribution < -0.4 is 0 Å². The van der Waals surface area contributed by atoms with Gasteiger partial charge in [-0.05, 0) is 42.8 Å². The molecule has 0 N–H and O–H groups in total. The van der Waals surface area contributed by atoms with E-state index in [-0.39, 0.29) is 23.2 Å². The number of pyridine rings is 1. The Labute approximate surface area is 114 Å². The number of ketones is 2. The Balaban J connectivity index is 2.13. The number of halogens is 2. The summed E-state index contributed by atoms with van der Waals surface area (Å²) in [5.41, 5.74) is 0.579. The standard InChI is InChI=1S/C15H11F2NO2/c1-9-6-13(18-8-12(9)17)15(20)7-14(19)10-2-4-11(16)5-3-10/h2-6,8H,7H2,1H3. The molecule has 0 saturated heterocycles. The van der Waals surface area contributed by atoms with Gasteiger partial charge in [0.15, 0.2) is 11.6 Å². The molecule has 0 aliphatic heterocycles. The largest absolute Gasteiger partial charge is 0.294 e. The number of carbonyl (C=O) groups excluding carboxylic acids is 2. The Bertz CT molecular complexity index is 666. The molecule has 1 heterocycles. The maximum Gasteiger partial charge on any atom is 0.188 e. The number of Topliss-reactive ketones (excluding diaryl/α,β-unsaturated/α-hetero) is 2. The van der Waals surface area contributed by atoms with E-state index in [2.05, 4.69) is 4.98 Å². The van der Waals surface area contributed by atoms with E-state index < -0.39 is 23.2 Å². The molecule has 0 amide bonds. The van der Waals surface area contributed by atoms with Gasteiger partial charge in [-0.2, -0.15) is 0 Å². The summed E-state index contributed by atoms with van der Waals surface area (Å²) in [7, 11) is 0.